The fraction of sp³-hybridized carbons (Fsp3) is 0.345. The standard InChI is InChI=1S/C29H32Cl4N4O6S2/c1-4-35-26-17-22(32)23(33)18-27(26)37(12-6-14-45(41,42)43)29(35)10-8-19(2)7-9-28-34(3)24-15-20(30)21(31)16-25(24)36(28)11-5-13-44(38,39)40/h7-10,15-18H,4-6,11-14H2,1-3H3,(H-,38,39,40,41,42,43)/p-1. The van der Waals surface area contributed by atoms with Gasteiger partial charge < -0.3 is 18.9 Å². The summed E-state index contributed by atoms with van der Waals surface area (Å²) in [4.78, 5) is 3.93. The number of halogens is 4. The second-order valence-electron chi connectivity index (χ2n) is 10.5. The molecular weight excluding hydrogens is 706 g/mol. The molecule has 1 aromatic heterocycles. The van der Waals surface area contributed by atoms with Crippen molar-refractivity contribution < 1.29 is 30.5 Å². The summed E-state index contributed by atoms with van der Waals surface area (Å²) in [5, 5.41) is 1.44. The SMILES string of the molecule is CCN1\C(=C/C=C(C)/C=C/c2n(CCCS(=O)(=O)[O-])c3cc(Cl)c(Cl)cc3[n+]2C)N(CCCS(=O)(=O)[O-])c2cc(Cl)c(Cl)cc21. The van der Waals surface area contributed by atoms with Crippen LogP contribution < -0.4 is 14.4 Å². The van der Waals surface area contributed by atoms with Crippen molar-refractivity contribution in [3.8, 4) is 0 Å². The number of fused-ring (bicyclic) bond motifs is 2. The topological polar surface area (TPSA) is 130 Å². The van der Waals surface area contributed by atoms with Gasteiger partial charge in [-0.2, -0.15) is 0 Å². The Kier molecular flexibility index (Phi) is 11.2. The second kappa shape index (κ2) is 14.2. The van der Waals surface area contributed by atoms with Gasteiger partial charge in [0.1, 0.15) is 5.82 Å². The number of benzene rings is 2. The summed E-state index contributed by atoms with van der Waals surface area (Å²) in [5.41, 5.74) is 3.90. The predicted octanol–water partition coefficient (Wildman–Crippen LogP) is 6.10. The molecular formula is C29H31Cl4N4O6S2-. The minimum Gasteiger partial charge on any atom is -0.748 e. The van der Waals surface area contributed by atoms with E-state index in [-0.39, 0.29) is 25.9 Å². The molecule has 10 nitrogen and oxygen atoms in total. The number of anilines is 2. The van der Waals surface area contributed by atoms with E-state index >= 15 is 0 Å². The van der Waals surface area contributed by atoms with Gasteiger partial charge in [-0.05, 0) is 44.9 Å². The molecule has 0 spiro atoms. The molecule has 16 heteroatoms. The number of aryl methyl sites for hydroxylation is 2. The number of hydrogen-bond acceptors (Lipinski definition) is 8. The van der Waals surface area contributed by atoms with Crippen molar-refractivity contribution in [2.75, 3.05) is 34.4 Å². The maximum atomic E-state index is 11.3. The van der Waals surface area contributed by atoms with Gasteiger partial charge in [-0.15, -0.1) is 0 Å². The van der Waals surface area contributed by atoms with Gasteiger partial charge in [-0.25, -0.2) is 26.0 Å². The molecule has 0 unspecified atom stereocenters. The lowest BCUT2D eigenvalue weighted by atomic mass is 10.2. The molecule has 0 saturated heterocycles. The molecule has 1 aliphatic heterocycles. The third kappa shape index (κ3) is 8.55. The van der Waals surface area contributed by atoms with E-state index in [4.69, 9.17) is 46.4 Å². The Hall–Kier alpha value is -2.29. The lowest BCUT2D eigenvalue weighted by Gasteiger charge is -2.24. The van der Waals surface area contributed by atoms with Gasteiger partial charge in [-0.1, -0.05) is 64.1 Å². The Balaban J connectivity index is 1.71. The molecule has 0 bridgehead atoms. The first kappa shape index (κ1) is 35.6. The molecule has 2 aromatic carbocycles. The van der Waals surface area contributed by atoms with Crippen LogP contribution in [-0.2, 0) is 33.8 Å². The van der Waals surface area contributed by atoms with E-state index in [0.29, 0.717) is 26.6 Å². The van der Waals surface area contributed by atoms with E-state index in [1.165, 1.54) is 0 Å². The van der Waals surface area contributed by atoms with Gasteiger partial charge in [0.15, 0.2) is 11.0 Å². The van der Waals surface area contributed by atoms with Crippen molar-refractivity contribution >= 4 is 95.1 Å². The highest BCUT2D eigenvalue weighted by Gasteiger charge is 2.31. The zero-order chi connectivity index (χ0) is 33.3. The molecule has 0 aliphatic carbocycles. The molecule has 0 fully saturated rings. The van der Waals surface area contributed by atoms with E-state index in [1.54, 1.807) is 24.3 Å². The zero-order valence-electron chi connectivity index (χ0n) is 24.6. The summed E-state index contributed by atoms with van der Waals surface area (Å²) < 4.78 is 71.4. The van der Waals surface area contributed by atoms with Crippen LogP contribution >= 0.6 is 46.4 Å². The fourth-order valence-corrected chi connectivity index (χ4v) is 6.84. The smallest absolute Gasteiger partial charge is 0.282 e. The summed E-state index contributed by atoms with van der Waals surface area (Å²) in [6.07, 6.45) is 7.77. The predicted molar refractivity (Wildman–Crippen MR) is 179 cm³/mol. The van der Waals surface area contributed by atoms with E-state index < -0.39 is 31.7 Å². The quantitative estimate of drug-likeness (QED) is 0.124. The third-order valence-electron chi connectivity index (χ3n) is 7.30. The largest absolute Gasteiger partial charge is 0.748 e. The van der Waals surface area contributed by atoms with E-state index in [0.717, 1.165) is 39.6 Å². The van der Waals surface area contributed by atoms with Gasteiger partial charge in [0.2, 0.25) is 0 Å². The van der Waals surface area contributed by atoms with Crippen LogP contribution in [0.1, 0.15) is 32.5 Å². The van der Waals surface area contributed by atoms with Crippen molar-refractivity contribution in [2.24, 2.45) is 7.05 Å². The molecule has 0 atom stereocenters. The zero-order valence-corrected chi connectivity index (χ0v) is 29.3. The average Bonchev–Trinajstić information content (AvgIpc) is 3.35. The van der Waals surface area contributed by atoms with Crippen molar-refractivity contribution in [2.45, 2.75) is 33.2 Å². The first-order valence-corrected chi connectivity index (χ1v) is 18.5. The number of imidazole rings is 1. The Bertz CT molecular complexity index is 1940. The molecule has 0 radical (unpaired) electrons. The number of nitrogens with zero attached hydrogens (tertiary/aromatic N) is 4. The highest BCUT2D eigenvalue weighted by molar-refractivity contribution is 7.85. The Morgan fingerprint density at radius 3 is 1.96 bits per heavy atom. The van der Waals surface area contributed by atoms with Crippen LogP contribution in [0, 0.1) is 0 Å². The van der Waals surface area contributed by atoms with E-state index in [9.17, 15) is 25.9 Å². The van der Waals surface area contributed by atoms with Gasteiger partial charge in [-0.3, -0.25) is 0 Å². The Morgan fingerprint density at radius 2 is 1.38 bits per heavy atom. The van der Waals surface area contributed by atoms with Crippen LogP contribution in [0.15, 0.2) is 53.9 Å². The fourth-order valence-electron chi connectivity index (χ4n) is 5.24. The van der Waals surface area contributed by atoms with Crippen molar-refractivity contribution in [1.82, 2.24) is 4.57 Å². The molecule has 2 heterocycles. The lowest BCUT2D eigenvalue weighted by Crippen LogP contribution is -2.31. The van der Waals surface area contributed by atoms with Crippen LogP contribution in [-0.4, -0.2) is 55.1 Å². The lowest BCUT2D eigenvalue weighted by molar-refractivity contribution is -0.647. The molecule has 4 rings (SSSR count). The molecule has 3 aromatic rings. The van der Waals surface area contributed by atoms with Gasteiger partial charge >= 0.3 is 0 Å². The van der Waals surface area contributed by atoms with Gasteiger partial charge in [0, 0.05) is 42.8 Å². The average molecular weight is 738 g/mol. The van der Waals surface area contributed by atoms with E-state index in [1.807, 2.05) is 64.1 Å². The first-order valence-electron chi connectivity index (χ1n) is 13.9. The van der Waals surface area contributed by atoms with Crippen LogP contribution in [0.25, 0.3) is 17.1 Å². The molecule has 1 aliphatic rings. The van der Waals surface area contributed by atoms with Crippen molar-refractivity contribution in [3.05, 3.63) is 79.8 Å². The minimum atomic E-state index is -4.38. The molecule has 0 amide bonds. The maximum absolute atomic E-state index is 11.3. The van der Waals surface area contributed by atoms with Crippen molar-refractivity contribution in [3.63, 3.8) is 0 Å². The second-order valence-corrected chi connectivity index (χ2v) is 15.2. The maximum Gasteiger partial charge on any atom is 0.282 e. The highest BCUT2D eigenvalue weighted by Crippen LogP contribution is 2.45. The van der Waals surface area contributed by atoms with Gasteiger partial charge in [0.05, 0.1) is 65.3 Å². The van der Waals surface area contributed by atoms with Crippen molar-refractivity contribution in [1.29, 1.82) is 0 Å². The number of aromatic nitrogens is 2. The Labute approximate surface area is 283 Å². The molecule has 45 heavy (non-hydrogen) atoms. The normalized spacial score (nSPS) is 15.3. The van der Waals surface area contributed by atoms with E-state index in [2.05, 4.69) is 0 Å². The van der Waals surface area contributed by atoms with Crippen LogP contribution in [0.2, 0.25) is 20.1 Å². The third-order valence-corrected chi connectivity index (χ3v) is 10.3. The summed E-state index contributed by atoms with van der Waals surface area (Å²) in [6, 6.07) is 6.91. The number of allylic oxidation sites excluding steroid dienone is 4. The highest BCUT2D eigenvalue weighted by atomic mass is 35.5. The molecule has 0 N–H and O–H groups in total. The molecule has 244 valence electrons. The first-order chi connectivity index (χ1) is 21.0. The summed E-state index contributed by atoms with van der Waals surface area (Å²) in [7, 11) is -6.91. The minimum absolute atomic E-state index is 0.114. The Morgan fingerprint density at radius 1 is 0.844 bits per heavy atom. The number of hydrogen-bond donors (Lipinski definition) is 0. The van der Waals surface area contributed by atoms with Crippen LogP contribution in [0.4, 0.5) is 11.4 Å². The monoisotopic (exact) mass is 735 g/mol. The van der Waals surface area contributed by atoms with Crippen LogP contribution in [0.5, 0.6) is 0 Å². The number of rotatable bonds is 12. The summed E-state index contributed by atoms with van der Waals surface area (Å²) in [6.45, 7) is 4.97. The summed E-state index contributed by atoms with van der Waals surface area (Å²) >= 11 is 25.2. The molecule has 0 saturated carbocycles. The van der Waals surface area contributed by atoms with Gasteiger partial charge in [0.25, 0.3) is 5.82 Å². The van der Waals surface area contributed by atoms with Crippen LogP contribution in [0.3, 0.4) is 0 Å². The summed E-state index contributed by atoms with van der Waals surface area (Å²) in [5.74, 6) is 0.473.